The average molecular weight is 249 g/mol. The Hall–Kier alpha value is -0.130. The molecule has 0 saturated carbocycles. The quantitative estimate of drug-likeness (QED) is 0.814. The third-order valence-corrected chi connectivity index (χ3v) is 5.22. The molecule has 0 aromatic heterocycles. The Labute approximate surface area is 98.7 Å². The molecular weight excluding hydrogens is 226 g/mol. The Kier molecular flexibility index (Phi) is 5.21. The summed E-state index contributed by atoms with van der Waals surface area (Å²) in [6.07, 6.45) is 3.77. The topological polar surface area (TPSA) is 57.6 Å². The highest BCUT2D eigenvalue weighted by molar-refractivity contribution is 7.89. The van der Waals surface area contributed by atoms with Gasteiger partial charge in [-0.2, -0.15) is 4.31 Å². The summed E-state index contributed by atoms with van der Waals surface area (Å²) in [6, 6.07) is -0.203. The van der Waals surface area contributed by atoms with Gasteiger partial charge < -0.3 is 5.11 Å². The van der Waals surface area contributed by atoms with E-state index in [1.807, 2.05) is 13.8 Å². The van der Waals surface area contributed by atoms with E-state index in [2.05, 4.69) is 0 Å². The number of hydrogen-bond acceptors (Lipinski definition) is 3. The molecular formula is C11H23NO3S. The van der Waals surface area contributed by atoms with E-state index >= 15 is 0 Å². The lowest BCUT2D eigenvalue weighted by molar-refractivity contribution is 0.186. The van der Waals surface area contributed by atoms with E-state index < -0.39 is 10.0 Å². The molecule has 0 aliphatic carbocycles. The van der Waals surface area contributed by atoms with E-state index in [9.17, 15) is 13.5 Å². The Morgan fingerprint density at radius 2 is 2.00 bits per heavy atom. The van der Waals surface area contributed by atoms with Gasteiger partial charge >= 0.3 is 0 Å². The fourth-order valence-corrected chi connectivity index (χ4v) is 4.28. The minimum Gasteiger partial charge on any atom is -0.395 e. The number of hydrogen-bond donors (Lipinski definition) is 1. The molecule has 0 radical (unpaired) electrons. The van der Waals surface area contributed by atoms with Gasteiger partial charge in [0, 0.05) is 12.6 Å². The standard InChI is InChI=1S/C11H23NO3S/c1-10(2)9-16(14,15)12-7-5-3-4-6-11(12)8-13/h10-11,13H,3-9H2,1-2H3. The van der Waals surface area contributed by atoms with Gasteiger partial charge in [0.15, 0.2) is 0 Å². The van der Waals surface area contributed by atoms with Gasteiger partial charge in [0.2, 0.25) is 10.0 Å². The van der Waals surface area contributed by atoms with Gasteiger partial charge in [-0.15, -0.1) is 0 Å². The minimum absolute atomic E-state index is 0.0582. The summed E-state index contributed by atoms with van der Waals surface area (Å²) in [5.74, 6) is 0.316. The fraction of sp³-hybridized carbons (Fsp3) is 1.00. The average Bonchev–Trinajstić information content (AvgIpc) is 2.40. The van der Waals surface area contributed by atoms with Gasteiger partial charge in [-0.3, -0.25) is 0 Å². The molecule has 1 aliphatic heterocycles. The van der Waals surface area contributed by atoms with Crippen molar-refractivity contribution in [3.8, 4) is 0 Å². The van der Waals surface area contributed by atoms with Crippen molar-refractivity contribution in [1.82, 2.24) is 4.31 Å². The lowest BCUT2D eigenvalue weighted by Gasteiger charge is -2.28. The summed E-state index contributed by atoms with van der Waals surface area (Å²) in [7, 11) is -3.19. The van der Waals surface area contributed by atoms with Crippen LogP contribution in [0.1, 0.15) is 39.5 Å². The zero-order valence-electron chi connectivity index (χ0n) is 10.2. The molecule has 16 heavy (non-hydrogen) atoms. The molecule has 1 atom stereocenters. The molecule has 1 heterocycles. The molecule has 96 valence electrons. The Balaban J connectivity index is 2.80. The fourth-order valence-electron chi connectivity index (χ4n) is 2.22. The van der Waals surface area contributed by atoms with Crippen molar-refractivity contribution < 1.29 is 13.5 Å². The predicted octanol–water partition coefficient (Wildman–Crippen LogP) is 1.21. The lowest BCUT2D eigenvalue weighted by Crippen LogP contribution is -2.43. The van der Waals surface area contributed by atoms with E-state index in [1.165, 1.54) is 4.31 Å². The number of nitrogens with zero attached hydrogens (tertiary/aromatic N) is 1. The second-order valence-corrected chi connectivity index (χ2v) is 6.94. The monoisotopic (exact) mass is 249 g/mol. The summed E-state index contributed by atoms with van der Waals surface area (Å²) >= 11 is 0. The minimum atomic E-state index is -3.19. The third-order valence-electron chi connectivity index (χ3n) is 2.94. The van der Waals surface area contributed by atoms with Crippen LogP contribution in [-0.2, 0) is 10.0 Å². The van der Waals surface area contributed by atoms with Gasteiger partial charge in [0.05, 0.1) is 12.4 Å². The van der Waals surface area contributed by atoms with Crippen molar-refractivity contribution in [2.45, 2.75) is 45.6 Å². The zero-order valence-corrected chi connectivity index (χ0v) is 11.0. The van der Waals surface area contributed by atoms with E-state index in [0.717, 1.165) is 25.7 Å². The van der Waals surface area contributed by atoms with Crippen molar-refractivity contribution in [2.75, 3.05) is 18.9 Å². The molecule has 1 fully saturated rings. The van der Waals surface area contributed by atoms with E-state index in [1.54, 1.807) is 0 Å². The Bertz CT molecular complexity index is 300. The second kappa shape index (κ2) is 5.98. The highest BCUT2D eigenvalue weighted by atomic mass is 32.2. The predicted molar refractivity (Wildman–Crippen MR) is 64.7 cm³/mol. The lowest BCUT2D eigenvalue weighted by atomic mass is 10.1. The van der Waals surface area contributed by atoms with Gasteiger partial charge in [0.25, 0.3) is 0 Å². The van der Waals surface area contributed by atoms with Gasteiger partial charge in [-0.1, -0.05) is 26.7 Å². The molecule has 0 aromatic rings. The molecule has 0 bridgehead atoms. The van der Waals surface area contributed by atoms with Crippen LogP contribution in [0, 0.1) is 5.92 Å². The van der Waals surface area contributed by atoms with Crippen LogP contribution < -0.4 is 0 Å². The normalized spacial score (nSPS) is 24.6. The van der Waals surface area contributed by atoms with Crippen molar-refractivity contribution in [3.05, 3.63) is 0 Å². The maximum absolute atomic E-state index is 12.1. The molecule has 1 unspecified atom stereocenters. The maximum Gasteiger partial charge on any atom is 0.214 e. The number of sulfonamides is 1. The summed E-state index contributed by atoms with van der Waals surface area (Å²) in [6.45, 7) is 4.32. The highest BCUT2D eigenvalue weighted by Crippen LogP contribution is 2.21. The van der Waals surface area contributed by atoms with Crippen LogP contribution in [0.4, 0.5) is 0 Å². The van der Waals surface area contributed by atoms with Crippen LogP contribution in [0.5, 0.6) is 0 Å². The first kappa shape index (κ1) is 13.9. The van der Waals surface area contributed by atoms with Crippen molar-refractivity contribution >= 4 is 10.0 Å². The highest BCUT2D eigenvalue weighted by Gasteiger charge is 2.30. The second-order valence-electron chi connectivity index (χ2n) is 4.97. The molecule has 0 aromatic carbocycles. The van der Waals surface area contributed by atoms with Crippen LogP contribution in [0.3, 0.4) is 0 Å². The van der Waals surface area contributed by atoms with Crippen LogP contribution in [0.15, 0.2) is 0 Å². The summed E-state index contributed by atoms with van der Waals surface area (Å²) in [5.41, 5.74) is 0. The number of aliphatic hydroxyl groups is 1. The number of aliphatic hydroxyl groups excluding tert-OH is 1. The van der Waals surface area contributed by atoms with E-state index in [-0.39, 0.29) is 24.3 Å². The van der Waals surface area contributed by atoms with E-state index in [4.69, 9.17) is 0 Å². The Morgan fingerprint density at radius 3 is 2.56 bits per heavy atom. The summed E-state index contributed by atoms with van der Waals surface area (Å²) in [4.78, 5) is 0. The van der Waals surface area contributed by atoms with Crippen molar-refractivity contribution in [1.29, 1.82) is 0 Å². The molecule has 4 nitrogen and oxygen atoms in total. The van der Waals surface area contributed by atoms with Crippen LogP contribution >= 0.6 is 0 Å². The van der Waals surface area contributed by atoms with Gasteiger partial charge in [0.1, 0.15) is 0 Å². The molecule has 1 N–H and O–H groups in total. The summed E-state index contributed by atoms with van der Waals surface area (Å²) < 4.78 is 25.8. The molecule has 5 heteroatoms. The Morgan fingerprint density at radius 1 is 1.31 bits per heavy atom. The molecule has 0 spiro atoms. The van der Waals surface area contributed by atoms with Crippen LogP contribution in [0.25, 0.3) is 0 Å². The SMILES string of the molecule is CC(C)CS(=O)(=O)N1CCCCCC1CO. The van der Waals surface area contributed by atoms with Crippen LogP contribution in [0.2, 0.25) is 0 Å². The first-order chi connectivity index (χ1) is 7.47. The van der Waals surface area contributed by atoms with E-state index in [0.29, 0.717) is 6.54 Å². The van der Waals surface area contributed by atoms with Crippen molar-refractivity contribution in [3.63, 3.8) is 0 Å². The molecule has 1 saturated heterocycles. The van der Waals surface area contributed by atoms with Gasteiger partial charge in [-0.05, 0) is 18.8 Å². The van der Waals surface area contributed by atoms with Crippen LogP contribution in [-0.4, -0.2) is 42.8 Å². The molecule has 1 aliphatic rings. The third kappa shape index (κ3) is 3.71. The first-order valence-electron chi connectivity index (χ1n) is 6.07. The van der Waals surface area contributed by atoms with Crippen molar-refractivity contribution in [2.24, 2.45) is 5.92 Å². The molecule has 0 amide bonds. The number of rotatable bonds is 4. The zero-order chi connectivity index (χ0) is 12.2. The smallest absolute Gasteiger partial charge is 0.214 e. The maximum atomic E-state index is 12.1. The molecule has 1 rings (SSSR count). The summed E-state index contributed by atoms with van der Waals surface area (Å²) in [5, 5.41) is 9.28. The first-order valence-corrected chi connectivity index (χ1v) is 7.68. The largest absolute Gasteiger partial charge is 0.395 e. The van der Waals surface area contributed by atoms with Gasteiger partial charge in [-0.25, -0.2) is 8.42 Å².